The maximum Gasteiger partial charge on any atom is 0.262 e. The molecule has 0 aliphatic carbocycles. The summed E-state index contributed by atoms with van der Waals surface area (Å²) >= 11 is 3.49. The number of carbonyl (C=O) groups is 1. The number of para-hydroxylation sites is 2. The quantitative estimate of drug-likeness (QED) is 0.207. The zero-order valence-electron chi connectivity index (χ0n) is 18.5. The van der Waals surface area contributed by atoms with Gasteiger partial charge >= 0.3 is 0 Å². The predicted octanol–water partition coefficient (Wildman–Crippen LogP) is 1.06. The van der Waals surface area contributed by atoms with Gasteiger partial charge in [-0.15, -0.1) is 10.2 Å². The zero-order chi connectivity index (χ0) is 24.7. The van der Waals surface area contributed by atoms with Crippen LogP contribution in [0, 0.1) is 10.2 Å². The fourth-order valence-electron chi connectivity index (χ4n) is 3.48. The Hall–Kier alpha value is -2.50. The van der Waals surface area contributed by atoms with Crippen molar-refractivity contribution in [3.8, 4) is 0 Å². The summed E-state index contributed by atoms with van der Waals surface area (Å²) in [6.07, 6.45) is 8.82. The van der Waals surface area contributed by atoms with Gasteiger partial charge in [-0.1, -0.05) is 47.4 Å². The van der Waals surface area contributed by atoms with Gasteiger partial charge in [0.05, 0.1) is 10.7 Å². The first-order valence-electron chi connectivity index (χ1n) is 10.4. The summed E-state index contributed by atoms with van der Waals surface area (Å²) in [5.41, 5.74) is 3.12. The van der Waals surface area contributed by atoms with Gasteiger partial charge in [-0.2, -0.15) is 4.57 Å². The molecule has 34 heavy (non-hydrogen) atoms. The Morgan fingerprint density at radius 1 is 1.06 bits per heavy atom. The Kier molecular flexibility index (Phi) is 9.03. The number of hydrogen-bond acceptors (Lipinski definition) is 8. The molecule has 1 aromatic heterocycles. The molecule has 0 spiro atoms. The standard InChI is InChI=1S/C24H23N2OS2.ClHO4/c1-3-25-19-9-5-7-11-21(19)28-23(25)15-13-18(17-27)14-16-24-26(4-2)20-10-6-8-12-22(20)29-24;2-1(3,4)5/h5-17H,3-4H2,1-2H3;(H,2,3,4,5)/q+1;/p-1. The van der Waals surface area contributed by atoms with E-state index in [1.807, 2.05) is 24.3 Å². The van der Waals surface area contributed by atoms with E-state index >= 15 is 0 Å². The first-order chi connectivity index (χ1) is 16.2. The molecule has 0 bridgehead atoms. The topological polar surface area (TPSA) is 116 Å². The van der Waals surface area contributed by atoms with E-state index in [1.165, 1.54) is 20.8 Å². The number of benzene rings is 2. The first-order valence-corrected chi connectivity index (χ1v) is 13.2. The van der Waals surface area contributed by atoms with Crippen molar-refractivity contribution in [3.05, 3.63) is 82.4 Å². The second-order valence-corrected chi connectivity index (χ2v) is 9.85. The molecule has 4 rings (SSSR count). The lowest BCUT2D eigenvalue weighted by molar-refractivity contribution is -2.00. The van der Waals surface area contributed by atoms with Crippen LogP contribution >= 0.6 is 23.1 Å². The van der Waals surface area contributed by atoms with E-state index in [0.29, 0.717) is 5.57 Å². The molecule has 0 saturated heterocycles. The number of halogens is 1. The van der Waals surface area contributed by atoms with Gasteiger partial charge in [0.15, 0.2) is 0 Å². The van der Waals surface area contributed by atoms with Gasteiger partial charge in [-0.05, 0) is 50.3 Å². The van der Waals surface area contributed by atoms with Gasteiger partial charge in [0.1, 0.15) is 17.5 Å². The molecule has 1 aliphatic heterocycles. The second-order valence-electron chi connectivity index (χ2n) is 6.97. The molecule has 2 aromatic carbocycles. The molecule has 0 amide bonds. The largest absolute Gasteiger partial charge is 0.335 e. The van der Waals surface area contributed by atoms with E-state index in [1.54, 1.807) is 23.1 Å². The van der Waals surface area contributed by atoms with Crippen LogP contribution in [0.1, 0.15) is 18.9 Å². The molecule has 0 unspecified atom stereocenters. The van der Waals surface area contributed by atoms with E-state index in [0.717, 1.165) is 29.4 Å². The highest BCUT2D eigenvalue weighted by Gasteiger charge is 2.22. The molecule has 7 nitrogen and oxygen atoms in total. The molecule has 178 valence electrons. The van der Waals surface area contributed by atoms with Crippen LogP contribution in [0.2, 0.25) is 0 Å². The number of fused-ring (bicyclic) bond motifs is 2. The van der Waals surface area contributed by atoms with Gasteiger partial charge in [0.2, 0.25) is 5.52 Å². The summed E-state index contributed by atoms with van der Waals surface area (Å²) < 4.78 is 37.5. The predicted molar refractivity (Wildman–Crippen MR) is 124 cm³/mol. The number of thioether (sulfide) groups is 1. The average molecular weight is 519 g/mol. The Morgan fingerprint density at radius 3 is 2.41 bits per heavy atom. The van der Waals surface area contributed by atoms with Crippen molar-refractivity contribution in [1.29, 1.82) is 0 Å². The number of allylic oxidation sites excluding steroid dienone is 4. The van der Waals surface area contributed by atoms with Gasteiger partial charge in [0.25, 0.3) is 5.01 Å². The Labute approximate surface area is 208 Å². The third-order valence-corrected chi connectivity index (χ3v) is 7.14. The van der Waals surface area contributed by atoms with Crippen molar-refractivity contribution in [2.45, 2.75) is 25.3 Å². The smallest absolute Gasteiger partial charge is 0.262 e. The van der Waals surface area contributed by atoms with Crippen LogP contribution in [-0.2, 0) is 11.3 Å². The minimum absolute atomic E-state index is 0.658. The number of aryl methyl sites for hydroxylation is 1. The summed E-state index contributed by atoms with van der Waals surface area (Å²) in [6, 6.07) is 16.8. The van der Waals surface area contributed by atoms with Crippen molar-refractivity contribution in [2.24, 2.45) is 0 Å². The minimum Gasteiger partial charge on any atom is -0.335 e. The molecule has 0 fully saturated rings. The SMILES string of the molecule is CCN1/C(=C/C=C(C=O)/C=C/c2sc3ccccc3[n+]2CC)Sc2ccccc21.[O-][Cl+3]([O-])([O-])[O-]. The van der Waals surface area contributed by atoms with Gasteiger partial charge in [0, 0.05) is 29.2 Å². The van der Waals surface area contributed by atoms with E-state index in [-0.39, 0.29) is 0 Å². The Balaban J connectivity index is 0.000000588. The van der Waals surface area contributed by atoms with Crippen LogP contribution in [0.5, 0.6) is 0 Å². The van der Waals surface area contributed by atoms with Crippen molar-refractivity contribution >= 4 is 51.4 Å². The molecular formula is C24H23ClN2O5S2. The van der Waals surface area contributed by atoms with Crippen molar-refractivity contribution in [3.63, 3.8) is 0 Å². The summed E-state index contributed by atoms with van der Waals surface area (Å²) in [5, 5.41) is 2.29. The zero-order valence-corrected chi connectivity index (χ0v) is 20.9. The summed E-state index contributed by atoms with van der Waals surface area (Å²) in [7, 11) is -4.94. The van der Waals surface area contributed by atoms with Crippen molar-refractivity contribution in [2.75, 3.05) is 11.4 Å². The third-order valence-electron chi connectivity index (χ3n) is 4.88. The molecule has 0 radical (unpaired) electrons. The Morgan fingerprint density at radius 2 is 1.74 bits per heavy atom. The van der Waals surface area contributed by atoms with Crippen LogP contribution in [0.4, 0.5) is 5.69 Å². The van der Waals surface area contributed by atoms with Crippen LogP contribution in [0.15, 0.2) is 82.3 Å². The molecule has 0 saturated carbocycles. The molecule has 0 N–H and O–H groups in total. The van der Waals surface area contributed by atoms with Gasteiger partial charge < -0.3 is 4.90 Å². The highest BCUT2D eigenvalue weighted by atomic mass is 35.7. The van der Waals surface area contributed by atoms with Gasteiger partial charge in [-0.3, -0.25) is 4.79 Å². The number of aromatic nitrogens is 1. The summed E-state index contributed by atoms with van der Waals surface area (Å²) in [6.45, 7) is 6.08. The summed E-state index contributed by atoms with van der Waals surface area (Å²) in [4.78, 5) is 15.2. The number of carbonyl (C=O) groups excluding carboxylic acids is 1. The van der Waals surface area contributed by atoms with Crippen LogP contribution in [0.25, 0.3) is 16.3 Å². The lowest BCUT2D eigenvalue weighted by Gasteiger charge is -2.17. The number of hydrogen-bond donors (Lipinski definition) is 0. The van der Waals surface area contributed by atoms with Crippen LogP contribution in [-0.4, -0.2) is 12.8 Å². The lowest BCUT2D eigenvalue weighted by Crippen LogP contribution is -2.68. The molecular weight excluding hydrogens is 496 g/mol. The normalized spacial score (nSPS) is 15.1. The maximum absolute atomic E-state index is 11.7. The minimum atomic E-state index is -4.94. The number of aldehydes is 1. The molecule has 2 heterocycles. The highest BCUT2D eigenvalue weighted by molar-refractivity contribution is 8.03. The van der Waals surface area contributed by atoms with E-state index in [4.69, 9.17) is 18.6 Å². The van der Waals surface area contributed by atoms with E-state index in [9.17, 15) is 4.79 Å². The average Bonchev–Trinajstić information content (AvgIpc) is 3.35. The first kappa shape index (κ1) is 26.1. The molecule has 1 aliphatic rings. The fourth-order valence-corrected chi connectivity index (χ4v) is 5.73. The number of thiazole rings is 1. The molecule has 3 aromatic rings. The highest BCUT2D eigenvalue weighted by Crippen LogP contribution is 2.45. The lowest BCUT2D eigenvalue weighted by atomic mass is 10.2. The van der Waals surface area contributed by atoms with E-state index in [2.05, 4.69) is 71.8 Å². The van der Waals surface area contributed by atoms with E-state index < -0.39 is 10.2 Å². The van der Waals surface area contributed by atoms with Gasteiger partial charge in [-0.25, -0.2) is 18.6 Å². The van der Waals surface area contributed by atoms with Crippen LogP contribution < -0.4 is 28.1 Å². The monoisotopic (exact) mass is 518 g/mol. The molecule has 0 atom stereocenters. The third kappa shape index (κ3) is 6.77. The molecule has 10 heteroatoms. The maximum atomic E-state index is 11.7. The van der Waals surface area contributed by atoms with Crippen LogP contribution in [0.3, 0.4) is 0 Å². The number of anilines is 1. The number of nitrogens with zero attached hydrogens (tertiary/aromatic N) is 2. The van der Waals surface area contributed by atoms with Crippen molar-refractivity contribution < 1.29 is 38.2 Å². The number of rotatable bonds is 6. The Bertz CT molecular complexity index is 1240. The van der Waals surface area contributed by atoms with Crippen molar-refractivity contribution in [1.82, 2.24) is 0 Å². The fraction of sp³-hybridized carbons (Fsp3) is 0.167. The second kappa shape index (κ2) is 11.8. The summed E-state index contributed by atoms with van der Waals surface area (Å²) in [5.74, 6) is 0.